The molecule has 9 aromatic rings. The van der Waals surface area contributed by atoms with Gasteiger partial charge in [-0.15, -0.1) is 11.3 Å². The third kappa shape index (κ3) is 3.80. The van der Waals surface area contributed by atoms with Gasteiger partial charge in [0.15, 0.2) is 0 Å². The minimum absolute atomic E-state index is 0.564. The molecule has 0 aliphatic carbocycles. The first kappa shape index (κ1) is 24.3. The van der Waals surface area contributed by atoms with Crippen molar-refractivity contribution in [1.82, 2.24) is 9.97 Å². The third-order valence-corrected chi connectivity index (χ3v) is 9.68. The number of furan rings is 1. The second-order valence-electron chi connectivity index (χ2n) is 11.1. The molecule has 3 heterocycles. The molecular formula is C39H24N2OS. The van der Waals surface area contributed by atoms with Crippen LogP contribution in [0.4, 0.5) is 0 Å². The number of aryl methyl sites for hydroxylation is 1. The van der Waals surface area contributed by atoms with Crippen LogP contribution in [0, 0.1) is 6.92 Å². The first-order valence-corrected chi connectivity index (χ1v) is 15.2. The maximum atomic E-state index is 6.24. The van der Waals surface area contributed by atoms with Gasteiger partial charge in [0.05, 0.1) is 11.9 Å². The lowest BCUT2D eigenvalue weighted by Crippen LogP contribution is -1.88. The summed E-state index contributed by atoms with van der Waals surface area (Å²) in [7, 11) is 0. The van der Waals surface area contributed by atoms with E-state index in [9.17, 15) is 0 Å². The summed E-state index contributed by atoms with van der Waals surface area (Å²) in [6.45, 7) is 2.14. The minimum Gasteiger partial charge on any atom is -0.436 e. The van der Waals surface area contributed by atoms with E-state index in [-0.39, 0.29) is 0 Å². The van der Waals surface area contributed by atoms with E-state index in [4.69, 9.17) is 14.4 Å². The normalized spacial score (nSPS) is 11.8. The molecule has 0 radical (unpaired) electrons. The second kappa shape index (κ2) is 9.35. The molecule has 3 aromatic heterocycles. The van der Waals surface area contributed by atoms with Crippen molar-refractivity contribution in [2.75, 3.05) is 0 Å². The van der Waals surface area contributed by atoms with Crippen LogP contribution < -0.4 is 0 Å². The van der Waals surface area contributed by atoms with E-state index in [1.54, 1.807) is 0 Å². The monoisotopic (exact) mass is 568 g/mol. The topological polar surface area (TPSA) is 38.9 Å². The molecule has 0 amide bonds. The lowest BCUT2D eigenvalue weighted by atomic mass is 9.96. The average molecular weight is 569 g/mol. The Morgan fingerprint density at radius 2 is 1.26 bits per heavy atom. The van der Waals surface area contributed by atoms with Gasteiger partial charge in [-0.1, -0.05) is 97.1 Å². The zero-order chi connectivity index (χ0) is 28.5. The smallest absolute Gasteiger partial charge is 0.246 e. The number of hydrogen-bond donors (Lipinski definition) is 0. The Hall–Kier alpha value is -5.32. The van der Waals surface area contributed by atoms with Crippen LogP contribution in [0.5, 0.6) is 0 Å². The van der Waals surface area contributed by atoms with Crippen LogP contribution in [0.1, 0.15) is 5.56 Å². The molecule has 6 aromatic carbocycles. The molecule has 3 nitrogen and oxygen atoms in total. The standard InChI is InChI=1S/C39H24N2OS/c1-23-19-33-36-39(42-37(33)31-15-3-2-13-28(23)31)40-22-34(41-36)27-12-7-10-25(21-27)24-9-6-11-26(20-24)29-16-8-17-32-30-14-4-5-18-35(30)43-38(29)32/h2-22H,1H3. The van der Waals surface area contributed by atoms with E-state index in [0.717, 1.165) is 38.7 Å². The summed E-state index contributed by atoms with van der Waals surface area (Å²) in [5.74, 6) is 0. The Kier molecular flexibility index (Phi) is 5.28. The number of aromatic nitrogens is 2. The largest absolute Gasteiger partial charge is 0.436 e. The van der Waals surface area contributed by atoms with E-state index in [1.807, 2.05) is 23.6 Å². The second-order valence-corrected chi connectivity index (χ2v) is 12.1. The molecule has 0 saturated carbocycles. The molecule has 0 fully saturated rings. The molecule has 9 rings (SSSR count). The summed E-state index contributed by atoms with van der Waals surface area (Å²) in [5.41, 5.74) is 10.0. The number of hydrogen-bond acceptors (Lipinski definition) is 4. The molecule has 0 aliphatic heterocycles. The van der Waals surface area contributed by atoms with Crippen molar-refractivity contribution in [3.8, 4) is 33.5 Å². The molecule has 0 spiro atoms. The SMILES string of the molecule is Cc1cc2c3nc(-c4cccc(-c5cccc(-c6cccc7c6sc6ccccc67)c5)c4)cnc3oc2c2ccccc12. The highest BCUT2D eigenvalue weighted by molar-refractivity contribution is 7.26. The van der Waals surface area contributed by atoms with E-state index in [0.29, 0.717) is 5.71 Å². The van der Waals surface area contributed by atoms with Crippen molar-refractivity contribution >= 4 is 64.5 Å². The number of benzene rings is 6. The fourth-order valence-corrected chi connectivity index (χ4v) is 7.62. The Bertz CT molecular complexity index is 2540. The summed E-state index contributed by atoms with van der Waals surface area (Å²) < 4.78 is 8.88. The highest BCUT2D eigenvalue weighted by atomic mass is 32.1. The van der Waals surface area contributed by atoms with E-state index in [1.165, 1.54) is 47.8 Å². The maximum absolute atomic E-state index is 6.24. The molecule has 0 atom stereocenters. The molecule has 4 heteroatoms. The summed E-state index contributed by atoms with van der Waals surface area (Å²) in [4.78, 5) is 9.79. The van der Waals surface area contributed by atoms with Crippen LogP contribution >= 0.6 is 11.3 Å². The highest BCUT2D eigenvalue weighted by Gasteiger charge is 2.16. The first-order valence-electron chi connectivity index (χ1n) is 14.4. The minimum atomic E-state index is 0.564. The lowest BCUT2D eigenvalue weighted by molar-refractivity contribution is 0.656. The van der Waals surface area contributed by atoms with Gasteiger partial charge in [0.2, 0.25) is 5.71 Å². The van der Waals surface area contributed by atoms with Gasteiger partial charge in [-0.2, -0.15) is 0 Å². The Balaban J connectivity index is 1.14. The Labute approximate surface area is 251 Å². The van der Waals surface area contributed by atoms with E-state index < -0.39 is 0 Å². The number of fused-ring (bicyclic) bond motifs is 8. The van der Waals surface area contributed by atoms with E-state index in [2.05, 4.69) is 122 Å². The Morgan fingerprint density at radius 3 is 2.12 bits per heavy atom. The third-order valence-electron chi connectivity index (χ3n) is 8.46. The maximum Gasteiger partial charge on any atom is 0.246 e. The van der Waals surface area contributed by atoms with Crippen molar-refractivity contribution in [3.05, 3.63) is 133 Å². The summed E-state index contributed by atoms with van der Waals surface area (Å²) in [6, 6.07) is 43.2. The predicted molar refractivity (Wildman–Crippen MR) is 181 cm³/mol. The average Bonchev–Trinajstić information content (AvgIpc) is 3.63. The molecule has 202 valence electrons. The molecule has 43 heavy (non-hydrogen) atoms. The van der Waals surface area contributed by atoms with Gasteiger partial charge < -0.3 is 4.42 Å². The zero-order valence-electron chi connectivity index (χ0n) is 23.3. The molecule has 0 saturated heterocycles. The van der Waals surface area contributed by atoms with Crippen LogP contribution in [0.3, 0.4) is 0 Å². The van der Waals surface area contributed by atoms with Crippen molar-refractivity contribution in [3.63, 3.8) is 0 Å². The van der Waals surface area contributed by atoms with Gasteiger partial charge in [0.1, 0.15) is 11.1 Å². The van der Waals surface area contributed by atoms with Crippen LogP contribution in [0.25, 0.3) is 86.7 Å². The van der Waals surface area contributed by atoms with Gasteiger partial charge in [0, 0.05) is 36.5 Å². The fourth-order valence-electron chi connectivity index (χ4n) is 6.38. The van der Waals surface area contributed by atoms with Crippen molar-refractivity contribution in [1.29, 1.82) is 0 Å². The van der Waals surface area contributed by atoms with Gasteiger partial charge >= 0.3 is 0 Å². The summed E-state index contributed by atoms with van der Waals surface area (Å²) in [5, 5.41) is 5.91. The molecule has 0 bridgehead atoms. The van der Waals surface area contributed by atoms with Gasteiger partial charge in [0.25, 0.3) is 0 Å². The number of thiophene rings is 1. The first-order chi connectivity index (χ1) is 21.2. The lowest BCUT2D eigenvalue weighted by Gasteiger charge is -2.09. The zero-order valence-corrected chi connectivity index (χ0v) is 24.2. The molecule has 0 unspecified atom stereocenters. The molecular weight excluding hydrogens is 545 g/mol. The van der Waals surface area contributed by atoms with Gasteiger partial charge in [-0.3, -0.25) is 0 Å². The summed E-state index contributed by atoms with van der Waals surface area (Å²) >= 11 is 1.87. The Morgan fingerprint density at radius 1 is 0.581 bits per heavy atom. The quantitative estimate of drug-likeness (QED) is 0.213. The summed E-state index contributed by atoms with van der Waals surface area (Å²) in [6.07, 6.45) is 1.82. The van der Waals surface area contributed by atoms with Gasteiger partial charge in [-0.25, -0.2) is 9.97 Å². The van der Waals surface area contributed by atoms with Crippen LogP contribution in [0.15, 0.2) is 132 Å². The van der Waals surface area contributed by atoms with Gasteiger partial charge in [-0.05, 0) is 64.4 Å². The van der Waals surface area contributed by atoms with Crippen molar-refractivity contribution < 1.29 is 4.42 Å². The van der Waals surface area contributed by atoms with E-state index >= 15 is 0 Å². The molecule has 0 N–H and O–H groups in total. The van der Waals surface area contributed by atoms with Crippen LogP contribution in [-0.2, 0) is 0 Å². The fraction of sp³-hybridized carbons (Fsp3) is 0.0256. The van der Waals surface area contributed by atoms with Crippen molar-refractivity contribution in [2.24, 2.45) is 0 Å². The molecule has 0 aliphatic rings. The number of nitrogens with zero attached hydrogens (tertiary/aromatic N) is 2. The number of rotatable bonds is 3. The van der Waals surface area contributed by atoms with Crippen LogP contribution in [0.2, 0.25) is 0 Å². The van der Waals surface area contributed by atoms with Crippen molar-refractivity contribution in [2.45, 2.75) is 6.92 Å². The predicted octanol–water partition coefficient (Wildman–Crippen LogP) is 11.2. The van der Waals surface area contributed by atoms with Crippen LogP contribution in [-0.4, -0.2) is 9.97 Å². The highest BCUT2D eigenvalue weighted by Crippen LogP contribution is 2.41.